The first-order valence-electron chi connectivity index (χ1n) is 4.88. The molecule has 6 nitrogen and oxygen atoms in total. The van der Waals surface area contributed by atoms with Crippen molar-refractivity contribution in [3.63, 3.8) is 0 Å². The summed E-state index contributed by atoms with van der Waals surface area (Å²) in [6, 6.07) is 4.57. The standard InChI is InChI=1S/C10H10N4O2/c1-10(4-5-10)13-9-3-2-8(14(15)16)7(6-11)12-9/h2-3H,4-5H2,1H3,(H,12,13). The van der Waals surface area contributed by atoms with Crippen molar-refractivity contribution in [2.24, 2.45) is 0 Å². The Hall–Kier alpha value is -2.16. The molecule has 0 radical (unpaired) electrons. The average molecular weight is 218 g/mol. The van der Waals surface area contributed by atoms with Crippen LogP contribution in [0.2, 0.25) is 0 Å². The lowest BCUT2D eigenvalue weighted by molar-refractivity contribution is -0.385. The summed E-state index contributed by atoms with van der Waals surface area (Å²) in [6.45, 7) is 2.04. The van der Waals surface area contributed by atoms with E-state index in [1.54, 1.807) is 6.07 Å². The van der Waals surface area contributed by atoms with Crippen LogP contribution in [0.25, 0.3) is 0 Å². The number of hydrogen-bond acceptors (Lipinski definition) is 5. The normalized spacial score (nSPS) is 16.2. The summed E-state index contributed by atoms with van der Waals surface area (Å²) in [6.07, 6.45) is 2.10. The molecular formula is C10H10N4O2. The summed E-state index contributed by atoms with van der Waals surface area (Å²) in [5, 5.41) is 22.5. The minimum atomic E-state index is -0.603. The third-order valence-corrected chi connectivity index (χ3v) is 2.61. The van der Waals surface area contributed by atoms with E-state index >= 15 is 0 Å². The molecule has 0 aliphatic heterocycles. The third-order valence-electron chi connectivity index (χ3n) is 2.61. The van der Waals surface area contributed by atoms with Gasteiger partial charge in [-0.2, -0.15) is 5.26 Å². The van der Waals surface area contributed by atoms with Gasteiger partial charge in [-0.1, -0.05) is 0 Å². The maximum Gasteiger partial charge on any atom is 0.305 e. The molecule has 0 spiro atoms. The second kappa shape index (κ2) is 3.45. The molecule has 1 aliphatic rings. The topological polar surface area (TPSA) is 91.9 Å². The van der Waals surface area contributed by atoms with Crippen molar-refractivity contribution in [3.8, 4) is 6.07 Å². The quantitative estimate of drug-likeness (QED) is 0.617. The lowest BCUT2D eigenvalue weighted by atomic mass is 10.3. The first-order chi connectivity index (χ1) is 7.54. The third kappa shape index (κ3) is 1.93. The molecule has 1 aromatic heterocycles. The van der Waals surface area contributed by atoms with Crippen molar-refractivity contribution in [1.29, 1.82) is 5.26 Å². The number of pyridine rings is 1. The van der Waals surface area contributed by atoms with Crippen molar-refractivity contribution in [2.75, 3.05) is 5.32 Å². The summed E-state index contributed by atoms with van der Waals surface area (Å²) in [4.78, 5) is 13.9. The molecule has 1 N–H and O–H groups in total. The molecule has 1 aromatic rings. The zero-order chi connectivity index (χ0) is 11.8. The molecule has 1 fully saturated rings. The maximum atomic E-state index is 10.6. The molecule has 0 bridgehead atoms. The zero-order valence-electron chi connectivity index (χ0n) is 8.73. The van der Waals surface area contributed by atoms with Crippen LogP contribution in [0.15, 0.2) is 12.1 Å². The molecule has 0 aromatic carbocycles. The highest BCUT2D eigenvalue weighted by atomic mass is 16.6. The Kier molecular flexibility index (Phi) is 2.23. The summed E-state index contributed by atoms with van der Waals surface area (Å²) in [5.74, 6) is 0.516. The van der Waals surface area contributed by atoms with Gasteiger partial charge in [-0.25, -0.2) is 4.98 Å². The van der Waals surface area contributed by atoms with Crippen molar-refractivity contribution in [2.45, 2.75) is 25.3 Å². The van der Waals surface area contributed by atoms with Crippen molar-refractivity contribution >= 4 is 11.5 Å². The number of nitro groups is 1. The lowest BCUT2D eigenvalue weighted by Gasteiger charge is -2.11. The Morgan fingerprint density at radius 3 is 2.81 bits per heavy atom. The van der Waals surface area contributed by atoms with Crippen LogP contribution in [0.3, 0.4) is 0 Å². The number of anilines is 1. The van der Waals surface area contributed by atoms with Gasteiger partial charge in [0, 0.05) is 11.6 Å². The molecule has 0 unspecified atom stereocenters. The van der Waals surface area contributed by atoms with Crippen molar-refractivity contribution < 1.29 is 4.92 Å². The fourth-order valence-electron chi connectivity index (χ4n) is 1.37. The fraction of sp³-hybridized carbons (Fsp3) is 0.400. The predicted molar refractivity (Wildman–Crippen MR) is 56.9 cm³/mol. The van der Waals surface area contributed by atoms with Crippen LogP contribution < -0.4 is 5.32 Å². The smallest absolute Gasteiger partial charge is 0.305 e. The Labute approximate surface area is 92.1 Å². The van der Waals surface area contributed by atoms with Crippen LogP contribution in [0.1, 0.15) is 25.5 Å². The van der Waals surface area contributed by atoms with Crippen molar-refractivity contribution in [3.05, 3.63) is 27.9 Å². The summed E-state index contributed by atoms with van der Waals surface area (Å²) in [5.41, 5.74) is -0.371. The number of nitrogens with one attached hydrogen (secondary N) is 1. The lowest BCUT2D eigenvalue weighted by Crippen LogP contribution is -2.17. The highest BCUT2D eigenvalue weighted by Crippen LogP contribution is 2.37. The van der Waals surface area contributed by atoms with Gasteiger partial charge < -0.3 is 5.32 Å². The average Bonchev–Trinajstić information content (AvgIpc) is 2.95. The first kappa shape index (κ1) is 10.4. The molecule has 1 aliphatic carbocycles. The highest BCUT2D eigenvalue weighted by Gasteiger charge is 2.37. The summed E-state index contributed by atoms with van der Waals surface area (Å²) < 4.78 is 0. The van der Waals surface area contributed by atoms with Crippen LogP contribution in [0.5, 0.6) is 0 Å². The number of aromatic nitrogens is 1. The van der Waals surface area contributed by atoms with Gasteiger partial charge in [-0.05, 0) is 25.8 Å². The van der Waals surface area contributed by atoms with Crippen LogP contribution in [-0.4, -0.2) is 15.4 Å². The molecule has 6 heteroatoms. The van der Waals surface area contributed by atoms with E-state index < -0.39 is 4.92 Å². The van der Waals surface area contributed by atoms with Crippen LogP contribution in [0, 0.1) is 21.4 Å². The maximum absolute atomic E-state index is 10.6. The van der Waals surface area contributed by atoms with Gasteiger partial charge in [-0.3, -0.25) is 10.1 Å². The van der Waals surface area contributed by atoms with Gasteiger partial charge in [0.1, 0.15) is 11.9 Å². The second-order valence-electron chi connectivity index (χ2n) is 4.12. The SMILES string of the molecule is CC1(Nc2ccc([N+](=O)[O-])c(C#N)n2)CC1. The number of rotatable bonds is 3. The predicted octanol–water partition coefficient (Wildman–Crippen LogP) is 1.83. The van der Waals surface area contributed by atoms with Gasteiger partial charge in [0.15, 0.2) is 0 Å². The number of nitriles is 1. The molecule has 16 heavy (non-hydrogen) atoms. The van der Waals surface area contributed by atoms with Gasteiger partial charge in [0.25, 0.3) is 0 Å². The summed E-state index contributed by atoms with van der Waals surface area (Å²) in [7, 11) is 0. The van der Waals surface area contributed by atoms with E-state index in [4.69, 9.17) is 5.26 Å². The molecule has 1 heterocycles. The number of nitrogens with zero attached hydrogens (tertiary/aromatic N) is 3. The number of hydrogen-bond donors (Lipinski definition) is 1. The van der Waals surface area contributed by atoms with E-state index in [2.05, 4.69) is 10.3 Å². The van der Waals surface area contributed by atoms with Gasteiger partial charge in [0.05, 0.1) is 4.92 Å². The Bertz CT molecular complexity index is 488. The van der Waals surface area contributed by atoms with E-state index in [1.165, 1.54) is 12.1 Å². The van der Waals surface area contributed by atoms with Crippen LogP contribution >= 0.6 is 0 Å². The Morgan fingerprint density at radius 2 is 2.31 bits per heavy atom. The monoisotopic (exact) mass is 218 g/mol. The fourth-order valence-corrected chi connectivity index (χ4v) is 1.37. The Balaban J connectivity index is 2.30. The summed E-state index contributed by atoms with van der Waals surface area (Å²) >= 11 is 0. The minimum Gasteiger partial charge on any atom is -0.365 e. The van der Waals surface area contributed by atoms with Gasteiger partial charge in [-0.15, -0.1) is 0 Å². The second-order valence-corrected chi connectivity index (χ2v) is 4.12. The highest BCUT2D eigenvalue weighted by molar-refractivity contribution is 5.51. The van der Waals surface area contributed by atoms with E-state index in [1.807, 2.05) is 6.92 Å². The van der Waals surface area contributed by atoms with Crippen LogP contribution in [-0.2, 0) is 0 Å². The van der Waals surface area contributed by atoms with Gasteiger partial charge in [0.2, 0.25) is 5.69 Å². The molecule has 0 saturated heterocycles. The van der Waals surface area contributed by atoms with Crippen LogP contribution in [0.4, 0.5) is 11.5 Å². The molecular weight excluding hydrogens is 208 g/mol. The van der Waals surface area contributed by atoms with E-state index in [0.717, 1.165) is 12.8 Å². The Morgan fingerprint density at radius 1 is 1.62 bits per heavy atom. The van der Waals surface area contributed by atoms with E-state index in [-0.39, 0.29) is 16.9 Å². The first-order valence-corrected chi connectivity index (χ1v) is 4.88. The molecule has 0 atom stereocenters. The van der Waals surface area contributed by atoms with E-state index in [9.17, 15) is 10.1 Å². The zero-order valence-corrected chi connectivity index (χ0v) is 8.73. The van der Waals surface area contributed by atoms with Crippen molar-refractivity contribution in [1.82, 2.24) is 4.98 Å². The van der Waals surface area contributed by atoms with E-state index in [0.29, 0.717) is 5.82 Å². The molecule has 2 rings (SSSR count). The van der Waals surface area contributed by atoms with Gasteiger partial charge >= 0.3 is 5.69 Å². The minimum absolute atomic E-state index is 0.0376. The molecule has 0 amide bonds. The molecule has 1 saturated carbocycles. The largest absolute Gasteiger partial charge is 0.365 e. The molecule has 82 valence electrons.